The zero-order chi connectivity index (χ0) is 20.0. The van der Waals surface area contributed by atoms with E-state index in [1.807, 2.05) is 18.2 Å². The van der Waals surface area contributed by atoms with Gasteiger partial charge in [0.15, 0.2) is 0 Å². The summed E-state index contributed by atoms with van der Waals surface area (Å²) in [6.07, 6.45) is 9.33. The first-order valence-electron chi connectivity index (χ1n) is 10.5. The van der Waals surface area contributed by atoms with Gasteiger partial charge in [-0.05, 0) is 50.7 Å². The number of hydrogen-bond donors (Lipinski definition) is 2. The highest BCUT2D eigenvalue weighted by atomic mass is 16.6. The van der Waals surface area contributed by atoms with Crippen molar-refractivity contribution in [1.82, 2.24) is 5.32 Å². The zero-order valence-electron chi connectivity index (χ0n) is 17.0. The summed E-state index contributed by atoms with van der Waals surface area (Å²) in [5.74, 6) is -0.407. The number of nitrogens with one attached hydrogen (secondary N) is 2. The maximum atomic E-state index is 12.0. The van der Waals surface area contributed by atoms with Crippen molar-refractivity contribution in [2.24, 2.45) is 0 Å². The van der Waals surface area contributed by atoms with E-state index in [0.717, 1.165) is 70.0 Å². The van der Waals surface area contributed by atoms with E-state index in [2.05, 4.69) is 22.8 Å². The average molecular weight is 391 g/mol. The second-order valence-electron chi connectivity index (χ2n) is 7.38. The average Bonchev–Trinajstić information content (AvgIpc) is 3.22. The minimum absolute atomic E-state index is 0.0113. The molecular formula is C22H34N2O4. The van der Waals surface area contributed by atoms with Crippen LogP contribution in [-0.4, -0.2) is 37.9 Å². The number of anilines is 1. The molecule has 0 spiro atoms. The molecule has 1 aliphatic carbocycles. The molecule has 2 N–H and O–H groups in total. The van der Waals surface area contributed by atoms with Gasteiger partial charge in [-0.15, -0.1) is 0 Å². The number of unbranched alkanes of at least 4 members (excludes halogenated alkanes) is 4. The number of ether oxygens (including phenoxy) is 2. The Hall–Kier alpha value is -2.24. The van der Waals surface area contributed by atoms with E-state index in [-0.39, 0.29) is 6.10 Å². The Morgan fingerprint density at radius 1 is 1.04 bits per heavy atom. The van der Waals surface area contributed by atoms with Gasteiger partial charge in [0.05, 0.1) is 7.11 Å². The quantitative estimate of drug-likeness (QED) is 0.401. The monoisotopic (exact) mass is 390 g/mol. The molecule has 1 aromatic carbocycles. The van der Waals surface area contributed by atoms with Crippen LogP contribution in [-0.2, 0) is 14.3 Å². The maximum Gasteiger partial charge on any atom is 0.408 e. The van der Waals surface area contributed by atoms with Gasteiger partial charge in [0.25, 0.3) is 0 Å². The first-order valence-corrected chi connectivity index (χ1v) is 10.5. The molecule has 1 aromatic rings. The highest BCUT2D eigenvalue weighted by Gasteiger charge is 2.24. The molecule has 156 valence electrons. The number of carbonyl (C=O) groups is 2. The SMILES string of the molecule is COC(=O)[C@H](CCCCCCCNc1ccccc1)NC(=O)OC1CCCC1. The van der Waals surface area contributed by atoms with Crippen LogP contribution >= 0.6 is 0 Å². The molecular weight excluding hydrogens is 356 g/mol. The zero-order valence-corrected chi connectivity index (χ0v) is 17.0. The predicted molar refractivity (Wildman–Crippen MR) is 110 cm³/mol. The van der Waals surface area contributed by atoms with Gasteiger partial charge in [0.1, 0.15) is 12.1 Å². The van der Waals surface area contributed by atoms with Crippen molar-refractivity contribution in [3.05, 3.63) is 30.3 Å². The lowest BCUT2D eigenvalue weighted by molar-refractivity contribution is -0.143. The Labute approximate surface area is 168 Å². The number of methoxy groups -OCH3 is 1. The lowest BCUT2D eigenvalue weighted by atomic mass is 10.1. The summed E-state index contributed by atoms with van der Waals surface area (Å²) in [6, 6.07) is 9.57. The summed E-state index contributed by atoms with van der Waals surface area (Å²) in [4.78, 5) is 23.9. The predicted octanol–water partition coefficient (Wildman–Crippen LogP) is 4.65. The van der Waals surface area contributed by atoms with Gasteiger partial charge in [0, 0.05) is 12.2 Å². The molecule has 0 bridgehead atoms. The Kier molecular flexibility index (Phi) is 10.3. The van der Waals surface area contributed by atoms with Crippen LogP contribution in [0.25, 0.3) is 0 Å². The summed E-state index contributed by atoms with van der Waals surface area (Å²) in [5, 5.41) is 6.08. The van der Waals surface area contributed by atoms with Crippen molar-refractivity contribution in [2.75, 3.05) is 19.0 Å². The summed E-state index contributed by atoms with van der Waals surface area (Å²) >= 11 is 0. The number of benzene rings is 1. The van der Waals surface area contributed by atoms with Crippen LogP contribution in [0, 0.1) is 0 Å². The van der Waals surface area contributed by atoms with Crippen molar-refractivity contribution < 1.29 is 19.1 Å². The third-order valence-corrected chi connectivity index (χ3v) is 5.13. The third-order valence-electron chi connectivity index (χ3n) is 5.13. The van der Waals surface area contributed by atoms with Crippen molar-refractivity contribution in [3.8, 4) is 0 Å². The number of rotatable bonds is 12. The summed E-state index contributed by atoms with van der Waals surface area (Å²) in [6.45, 7) is 0.962. The second kappa shape index (κ2) is 13.0. The Bertz CT molecular complexity index is 573. The fourth-order valence-corrected chi connectivity index (χ4v) is 3.52. The molecule has 2 rings (SSSR count). The van der Waals surface area contributed by atoms with Gasteiger partial charge in [0.2, 0.25) is 0 Å². The van der Waals surface area contributed by atoms with Crippen LogP contribution in [0.15, 0.2) is 30.3 Å². The fourth-order valence-electron chi connectivity index (χ4n) is 3.52. The Balaban J connectivity index is 1.55. The molecule has 1 fully saturated rings. The molecule has 0 aliphatic heterocycles. The lowest BCUT2D eigenvalue weighted by Gasteiger charge is -2.18. The number of carbonyl (C=O) groups excluding carboxylic acids is 2. The molecule has 0 heterocycles. The highest BCUT2D eigenvalue weighted by Crippen LogP contribution is 2.21. The van der Waals surface area contributed by atoms with E-state index in [4.69, 9.17) is 9.47 Å². The van der Waals surface area contributed by atoms with Crippen LogP contribution in [0.2, 0.25) is 0 Å². The number of para-hydroxylation sites is 1. The first kappa shape index (κ1) is 22.1. The van der Waals surface area contributed by atoms with Crippen LogP contribution in [0.1, 0.15) is 64.2 Å². The third kappa shape index (κ3) is 8.63. The molecule has 0 unspecified atom stereocenters. The van der Waals surface area contributed by atoms with E-state index >= 15 is 0 Å². The van der Waals surface area contributed by atoms with Gasteiger partial charge >= 0.3 is 12.1 Å². The van der Waals surface area contributed by atoms with Gasteiger partial charge in [-0.3, -0.25) is 0 Å². The normalized spacial score (nSPS) is 15.0. The van der Waals surface area contributed by atoms with E-state index in [9.17, 15) is 9.59 Å². The van der Waals surface area contributed by atoms with Crippen molar-refractivity contribution in [3.63, 3.8) is 0 Å². The largest absolute Gasteiger partial charge is 0.467 e. The topological polar surface area (TPSA) is 76.7 Å². The summed E-state index contributed by atoms with van der Waals surface area (Å²) in [7, 11) is 1.35. The molecule has 6 heteroatoms. The van der Waals surface area contributed by atoms with Crippen LogP contribution in [0.4, 0.5) is 10.5 Å². The lowest BCUT2D eigenvalue weighted by Crippen LogP contribution is -2.42. The molecule has 1 saturated carbocycles. The number of esters is 1. The summed E-state index contributed by atoms with van der Waals surface area (Å²) < 4.78 is 10.2. The molecule has 1 aliphatic rings. The molecule has 6 nitrogen and oxygen atoms in total. The van der Waals surface area contributed by atoms with E-state index in [1.54, 1.807) is 0 Å². The maximum absolute atomic E-state index is 12.0. The van der Waals surface area contributed by atoms with Crippen molar-refractivity contribution in [2.45, 2.75) is 76.4 Å². The van der Waals surface area contributed by atoms with Gasteiger partial charge in [-0.25, -0.2) is 9.59 Å². The molecule has 0 aromatic heterocycles. The second-order valence-corrected chi connectivity index (χ2v) is 7.38. The number of alkyl carbamates (subject to hydrolysis) is 1. The van der Waals surface area contributed by atoms with Gasteiger partial charge in [-0.1, -0.05) is 43.9 Å². The molecule has 1 amide bonds. The summed E-state index contributed by atoms with van der Waals surface area (Å²) in [5.41, 5.74) is 1.15. The Morgan fingerprint density at radius 3 is 2.43 bits per heavy atom. The molecule has 28 heavy (non-hydrogen) atoms. The van der Waals surface area contributed by atoms with E-state index in [1.165, 1.54) is 7.11 Å². The molecule has 1 atom stereocenters. The smallest absolute Gasteiger partial charge is 0.408 e. The van der Waals surface area contributed by atoms with E-state index < -0.39 is 18.1 Å². The van der Waals surface area contributed by atoms with Crippen molar-refractivity contribution in [1.29, 1.82) is 0 Å². The first-order chi connectivity index (χ1) is 13.7. The number of hydrogen-bond acceptors (Lipinski definition) is 5. The minimum Gasteiger partial charge on any atom is -0.467 e. The standard InChI is InChI=1S/C22H34N2O4/c1-27-21(25)20(24-22(26)28-19-14-9-10-15-19)16-8-3-2-4-11-17-23-18-12-6-5-7-13-18/h5-7,12-13,19-20,23H,2-4,8-11,14-17H2,1H3,(H,24,26)/t20-/m0/s1. The molecule has 0 saturated heterocycles. The fraction of sp³-hybridized carbons (Fsp3) is 0.636. The van der Waals surface area contributed by atoms with Crippen LogP contribution < -0.4 is 10.6 Å². The van der Waals surface area contributed by atoms with Crippen molar-refractivity contribution >= 4 is 17.7 Å². The Morgan fingerprint density at radius 2 is 1.71 bits per heavy atom. The van der Waals surface area contributed by atoms with E-state index in [0.29, 0.717) is 6.42 Å². The van der Waals surface area contributed by atoms with Crippen LogP contribution in [0.5, 0.6) is 0 Å². The minimum atomic E-state index is -0.626. The van der Waals surface area contributed by atoms with Crippen LogP contribution in [0.3, 0.4) is 0 Å². The number of amides is 1. The van der Waals surface area contributed by atoms with Gasteiger partial charge in [-0.2, -0.15) is 0 Å². The van der Waals surface area contributed by atoms with Gasteiger partial charge < -0.3 is 20.1 Å². The molecule has 0 radical (unpaired) electrons. The highest BCUT2D eigenvalue weighted by molar-refractivity contribution is 5.81.